The highest BCUT2D eigenvalue weighted by Gasteiger charge is 2.56. The van der Waals surface area contributed by atoms with Crippen LogP contribution in [0, 0.1) is 6.08 Å². The molecule has 1 aliphatic rings. The zero-order chi connectivity index (χ0) is 24.7. The zero-order valence-corrected chi connectivity index (χ0v) is 17.5. The van der Waals surface area contributed by atoms with Gasteiger partial charge in [-0.05, 0) is 0 Å². The highest BCUT2D eigenvalue weighted by atomic mass is 32.2. The predicted molar refractivity (Wildman–Crippen MR) is 95.6 cm³/mol. The summed E-state index contributed by atoms with van der Waals surface area (Å²) in [7, 11) is -6.24. The van der Waals surface area contributed by atoms with E-state index in [4.69, 9.17) is 19.9 Å². The summed E-state index contributed by atoms with van der Waals surface area (Å²) in [6.45, 7) is 1.25. The number of nitrogen functional groups attached to an aromatic ring is 1. The van der Waals surface area contributed by atoms with Crippen molar-refractivity contribution >= 4 is 39.0 Å². The first kappa shape index (κ1) is 24.5. The van der Waals surface area contributed by atoms with Gasteiger partial charge in [0.05, 0.1) is 6.33 Å². The van der Waals surface area contributed by atoms with E-state index in [2.05, 4.69) is 19.1 Å². The molecular formula is C15H15F4N5O8S. The predicted octanol–water partition coefficient (Wildman–Crippen LogP) is 0.175. The molecule has 0 aliphatic carbocycles. The summed E-state index contributed by atoms with van der Waals surface area (Å²) in [6.07, 6.45) is -7.74. The number of anilines is 1. The van der Waals surface area contributed by atoms with Crippen LogP contribution in [0.3, 0.4) is 0 Å². The lowest BCUT2D eigenvalue weighted by atomic mass is 10.1. The summed E-state index contributed by atoms with van der Waals surface area (Å²) in [5.41, 5.74) is -0.873. The maximum absolute atomic E-state index is 13.7. The number of carbonyl (C=O) groups is 2. The van der Waals surface area contributed by atoms with E-state index in [1.165, 1.54) is 0 Å². The smallest absolute Gasteiger partial charge is 0.463 e. The molecule has 3 heterocycles. The van der Waals surface area contributed by atoms with Crippen LogP contribution in [0.5, 0.6) is 0 Å². The third-order valence-corrected chi connectivity index (χ3v) is 5.30. The number of carbonyl (C=O) groups excluding carboxylic acids is 2. The summed E-state index contributed by atoms with van der Waals surface area (Å²) in [5, 5.41) is 0. The van der Waals surface area contributed by atoms with Crippen LogP contribution in [0.2, 0.25) is 0 Å². The average Bonchev–Trinajstić information content (AvgIpc) is 3.20. The number of rotatable bonds is 6. The third kappa shape index (κ3) is 4.96. The van der Waals surface area contributed by atoms with Crippen molar-refractivity contribution in [2.45, 2.75) is 43.9 Å². The molecule has 4 atom stereocenters. The highest BCUT2D eigenvalue weighted by molar-refractivity contribution is 7.87. The maximum atomic E-state index is 13.7. The molecule has 0 radical (unpaired) electrons. The lowest BCUT2D eigenvalue weighted by Crippen LogP contribution is -2.42. The summed E-state index contributed by atoms with van der Waals surface area (Å²) in [4.78, 5) is 33.3. The van der Waals surface area contributed by atoms with Gasteiger partial charge < -0.3 is 19.9 Å². The second kappa shape index (κ2) is 8.67. The minimum absolute atomic E-state index is 0.190. The highest BCUT2D eigenvalue weighted by Crippen LogP contribution is 2.39. The van der Waals surface area contributed by atoms with Gasteiger partial charge >= 0.3 is 33.6 Å². The van der Waals surface area contributed by atoms with Crippen LogP contribution in [0.15, 0.2) is 6.33 Å². The van der Waals surface area contributed by atoms with Crippen LogP contribution in [0.25, 0.3) is 11.2 Å². The monoisotopic (exact) mass is 501 g/mol. The lowest BCUT2D eigenvalue weighted by Gasteiger charge is -2.24. The molecule has 0 amide bonds. The van der Waals surface area contributed by atoms with E-state index >= 15 is 0 Å². The van der Waals surface area contributed by atoms with Crippen LogP contribution in [-0.2, 0) is 38.1 Å². The van der Waals surface area contributed by atoms with Crippen molar-refractivity contribution in [2.75, 3.05) is 12.3 Å². The van der Waals surface area contributed by atoms with Gasteiger partial charge in [0.15, 0.2) is 35.4 Å². The van der Waals surface area contributed by atoms with E-state index in [9.17, 15) is 35.6 Å². The van der Waals surface area contributed by atoms with Crippen LogP contribution in [-0.4, -0.2) is 70.3 Å². The standard InChI is InChI=1S/C15H15F4N5O8S/c1-5(25)29-3-7-9(30-6(2)26)10(32-33(27,28)15(17,18)19)13(31-7)24-4-21-8-11(20)22-14(16)23-12(8)24/h4,7,9-10,13H,3H2,1-2H3,(H2,20,22,23)/t7-,9-,10-,13-/m0/s1. The number of hydrogen-bond donors (Lipinski definition) is 1. The van der Waals surface area contributed by atoms with Crippen molar-refractivity contribution in [3.63, 3.8) is 0 Å². The molecule has 1 fully saturated rings. The number of ether oxygens (including phenoxy) is 3. The molecule has 0 spiro atoms. The Bertz CT molecular complexity index is 1190. The number of nitrogens with zero attached hydrogens (tertiary/aromatic N) is 4. The van der Waals surface area contributed by atoms with Gasteiger partial charge in [0.2, 0.25) is 0 Å². The van der Waals surface area contributed by atoms with E-state index in [1.54, 1.807) is 0 Å². The zero-order valence-electron chi connectivity index (χ0n) is 16.6. The molecule has 18 heteroatoms. The molecule has 1 aliphatic heterocycles. The van der Waals surface area contributed by atoms with Crippen LogP contribution in [0.1, 0.15) is 20.1 Å². The Hall–Kier alpha value is -3.12. The van der Waals surface area contributed by atoms with Crippen molar-refractivity contribution in [3.8, 4) is 0 Å². The third-order valence-electron chi connectivity index (χ3n) is 4.25. The SMILES string of the molecule is CC(=O)OC[C@@H]1O[C@H](n2cnc3c(N)nc(F)nc32)[C@@H](OS(=O)(=O)C(F)(F)F)[C@H]1OC(C)=O. The molecule has 1 saturated heterocycles. The van der Waals surface area contributed by atoms with E-state index in [1.807, 2.05) is 0 Å². The molecule has 2 aromatic rings. The van der Waals surface area contributed by atoms with Crippen molar-refractivity contribution in [2.24, 2.45) is 0 Å². The van der Waals surface area contributed by atoms with E-state index in [0.717, 1.165) is 24.7 Å². The first-order valence-electron chi connectivity index (χ1n) is 8.82. The quantitative estimate of drug-likeness (QED) is 0.187. The van der Waals surface area contributed by atoms with Crippen molar-refractivity contribution in [1.29, 1.82) is 0 Å². The first-order chi connectivity index (χ1) is 15.2. The number of halogens is 4. The van der Waals surface area contributed by atoms with Crippen LogP contribution >= 0.6 is 0 Å². The number of imidazole rings is 1. The molecule has 182 valence electrons. The fourth-order valence-electron chi connectivity index (χ4n) is 3.00. The molecule has 13 nitrogen and oxygen atoms in total. The summed E-state index contributed by atoms with van der Waals surface area (Å²) < 4.78 is 96.6. The van der Waals surface area contributed by atoms with Gasteiger partial charge in [0.25, 0.3) is 0 Å². The van der Waals surface area contributed by atoms with E-state index in [0.29, 0.717) is 0 Å². The Morgan fingerprint density at radius 1 is 1.21 bits per heavy atom. The summed E-state index contributed by atoms with van der Waals surface area (Å²) in [5.74, 6) is -2.29. The molecule has 3 rings (SSSR count). The molecule has 0 bridgehead atoms. The topological polar surface area (TPSA) is 175 Å². The Labute approximate surface area is 181 Å². The molecular weight excluding hydrogens is 486 g/mol. The second-order valence-corrected chi connectivity index (χ2v) is 8.17. The van der Waals surface area contributed by atoms with E-state index in [-0.39, 0.29) is 5.52 Å². The molecule has 0 saturated carbocycles. The van der Waals surface area contributed by atoms with Crippen molar-refractivity contribution in [3.05, 3.63) is 12.4 Å². The van der Waals surface area contributed by atoms with Gasteiger partial charge in [0, 0.05) is 13.8 Å². The number of aromatic nitrogens is 4. The maximum Gasteiger partial charge on any atom is 0.523 e. The number of hydrogen-bond acceptors (Lipinski definition) is 12. The fraction of sp³-hybridized carbons (Fsp3) is 0.533. The Kier molecular flexibility index (Phi) is 6.44. The fourth-order valence-corrected chi connectivity index (χ4v) is 3.61. The van der Waals surface area contributed by atoms with Gasteiger partial charge in [-0.25, -0.2) is 4.98 Å². The summed E-state index contributed by atoms with van der Waals surface area (Å²) in [6, 6.07) is 0. The van der Waals surface area contributed by atoms with Crippen LogP contribution in [0.4, 0.5) is 23.4 Å². The van der Waals surface area contributed by atoms with Gasteiger partial charge in [-0.3, -0.25) is 18.3 Å². The van der Waals surface area contributed by atoms with Gasteiger partial charge in [-0.1, -0.05) is 0 Å². The average molecular weight is 501 g/mol. The Morgan fingerprint density at radius 2 is 1.88 bits per heavy atom. The van der Waals surface area contributed by atoms with Gasteiger partial charge in [-0.15, -0.1) is 0 Å². The lowest BCUT2D eigenvalue weighted by molar-refractivity contribution is -0.157. The number of esters is 2. The molecule has 2 aromatic heterocycles. The minimum Gasteiger partial charge on any atom is -0.463 e. The number of fused-ring (bicyclic) bond motifs is 1. The number of nitrogens with two attached hydrogens (primary N) is 1. The second-order valence-electron chi connectivity index (χ2n) is 6.60. The largest absolute Gasteiger partial charge is 0.523 e. The Morgan fingerprint density at radius 3 is 2.45 bits per heavy atom. The molecule has 2 N–H and O–H groups in total. The molecule has 0 unspecified atom stereocenters. The van der Waals surface area contributed by atoms with E-state index < -0.39 is 76.3 Å². The molecule has 0 aromatic carbocycles. The van der Waals surface area contributed by atoms with Gasteiger partial charge in [0.1, 0.15) is 12.7 Å². The Balaban J connectivity index is 2.12. The minimum atomic E-state index is -6.24. The van der Waals surface area contributed by atoms with Gasteiger partial charge in [-0.2, -0.15) is 35.9 Å². The number of alkyl halides is 3. The summed E-state index contributed by atoms with van der Waals surface area (Å²) >= 11 is 0. The van der Waals surface area contributed by atoms with Crippen molar-refractivity contribution in [1.82, 2.24) is 19.5 Å². The first-order valence-corrected chi connectivity index (χ1v) is 10.2. The normalized spacial score (nSPS) is 23.6. The van der Waals surface area contributed by atoms with Crippen molar-refractivity contribution < 1.29 is 54.0 Å². The van der Waals surface area contributed by atoms with Crippen LogP contribution < -0.4 is 5.73 Å². The molecule has 33 heavy (non-hydrogen) atoms.